The minimum atomic E-state index is -1.11. The Morgan fingerprint density at radius 1 is 1.19 bits per heavy atom. The van der Waals surface area contributed by atoms with Crippen molar-refractivity contribution in [1.29, 1.82) is 0 Å². The summed E-state index contributed by atoms with van der Waals surface area (Å²) in [6.07, 6.45) is 2.02. The second-order valence-electron chi connectivity index (χ2n) is 4.67. The number of benzene rings is 1. The highest BCUT2D eigenvalue weighted by molar-refractivity contribution is 5.94. The van der Waals surface area contributed by atoms with Crippen LogP contribution in [0.25, 0.3) is 0 Å². The molecule has 0 spiro atoms. The molecule has 1 aromatic carbocycles. The van der Waals surface area contributed by atoms with Gasteiger partial charge in [-0.2, -0.15) is 0 Å². The molecule has 1 heterocycles. The topological polar surface area (TPSA) is 79.3 Å². The molecule has 21 heavy (non-hydrogen) atoms. The van der Waals surface area contributed by atoms with Gasteiger partial charge in [-0.3, -0.25) is 4.79 Å². The average molecular weight is 284 g/mol. The molecule has 5 heteroatoms. The van der Waals surface area contributed by atoms with Gasteiger partial charge in [0, 0.05) is 12.7 Å². The van der Waals surface area contributed by atoms with Crippen LogP contribution in [-0.4, -0.2) is 28.5 Å². The summed E-state index contributed by atoms with van der Waals surface area (Å²) in [5.74, 6) is -1.37. The summed E-state index contributed by atoms with van der Waals surface area (Å²) in [6, 6.07) is 10.8. The molecule has 5 nitrogen and oxygen atoms in total. The average Bonchev–Trinajstić information content (AvgIpc) is 2.49. The summed E-state index contributed by atoms with van der Waals surface area (Å²) < 4.78 is 0. The molecule has 0 aliphatic heterocycles. The Kier molecular flexibility index (Phi) is 4.66. The zero-order valence-electron chi connectivity index (χ0n) is 11.7. The van der Waals surface area contributed by atoms with Crippen LogP contribution in [0.1, 0.15) is 32.0 Å². The summed E-state index contributed by atoms with van der Waals surface area (Å²) in [6.45, 7) is 2.55. The quantitative estimate of drug-likeness (QED) is 0.880. The summed E-state index contributed by atoms with van der Waals surface area (Å²) >= 11 is 0. The van der Waals surface area contributed by atoms with Crippen molar-refractivity contribution in [3.05, 3.63) is 65.0 Å². The van der Waals surface area contributed by atoms with Crippen molar-refractivity contribution in [2.75, 3.05) is 6.54 Å². The zero-order valence-corrected chi connectivity index (χ0v) is 11.7. The van der Waals surface area contributed by atoms with Crippen molar-refractivity contribution in [2.45, 2.75) is 13.3 Å². The Morgan fingerprint density at radius 2 is 1.95 bits per heavy atom. The first-order valence-corrected chi connectivity index (χ1v) is 6.60. The minimum absolute atomic E-state index is 0.0774. The zero-order chi connectivity index (χ0) is 15.2. The molecule has 108 valence electrons. The van der Waals surface area contributed by atoms with Crippen LogP contribution in [0.3, 0.4) is 0 Å². The van der Waals surface area contributed by atoms with E-state index < -0.39 is 5.97 Å². The number of carbonyl (C=O) groups excluding carboxylic acids is 1. The molecular formula is C16H16N2O3. The van der Waals surface area contributed by atoms with Gasteiger partial charge in [0.15, 0.2) is 0 Å². The summed E-state index contributed by atoms with van der Waals surface area (Å²) in [5.41, 5.74) is 2.66. The fourth-order valence-electron chi connectivity index (χ4n) is 1.96. The van der Waals surface area contributed by atoms with Gasteiger partial charge in [-0.1, -0.05) is 24.3 Å². The van der Waals surface area contributed by atoms with Crippen molar-refractivity contribution in [2.24, 2.45) is 0 Å². The van der Waals surface area contributed by atoms with E-state index in [0.29, 0.717) is 12.1 Å². The Labute approximate surface area is 122 Å². The molecule has 0 saturated carbocycles. The lowest BCUT2D eigenvalue weighted by Crippen LogP contribution is -2.26. The van der Waals surface area contributed by atoms with Crippen molar-refractivity contribution in [1.82, 2.24) is 10.3 Å². The molecule has 0 aliphatic carbocycles. The van der Waals surface area contributed by atoms with Crippen LogP contribution in [0, 0.1) is 6.92 Å². The van der Waals surface area contributed by atoms with E-state index in [1.165, 1.54) is 29.5 Å². The Morgan fingerprint density at radius 3 is 2.57 bits per heavy atom. The summed E-state index contributed by atoms with van der Waals surface area (Å²) in [7, 11) is 0. The van der Waals surface area contributed by atoms with Crippen LogP contribution in [0.15, 0.2) is 42.6 Å². The number of carboxylic acids is 1. The van der Waals surface area contributed by atoms with Crippen LogP contribution >= 0.6 is 0 Å². The lowest BCUT2D eigenvalue weighted by atomic mass is 10.1. The smallest absolute Gasteiger partial charge is 0.354 e. The van der Waals surface area contributed by atoms with Crippen molar-refractivity contribution < 1.29 is 14.7 Å². The molecule has 1 aromatic heterocycles. The summed E-state index contributed by atoms with van der Waals surface area (Å²) in [5, 5.41) is 11.5. The molecule has 0 aliphatic rings. The number of aromatic nitrogens is 1. The molecule has 0 radical (unpaired) electrons. The lowest BCUT2D eigenvalue weighted by molar-refractivity contribution is 0.0689. The van der Waals surface area contributed by atoms with E-state index in [0.717, 1.165) is 6.42 Å². The van der Waals surface area contributed by atoms with E-state index in [1.54, 1.807) is 0 Å². The molecule has 2 aromatic rings. The summed E-state index contributed by atoms with van der Waals surface area (Å²) in [4.78, 5) is 26.3. The maximum atomic E-state index is 11.9. The lowest BCUT2D eigenvalue weighted by Gasteiger charge is -2.07. The van der Waals surface area contributed by atoms with Crippen LogP contribution in [0.5, 0.6) is 0 Å². The Bertz CT molecular complexity index is 651. The van der Waals surface area contributed by atoms with E-state index >= 15 is 0 Å². The normalized spacial score (nSPS) is 10.1. The predicted molar refractivity (Wildman–Crippen MR) is 78.4 cm³/mol. The third kappa shape index (κ3) is 3.89. The molecular weight excluding hydrogens is 268 g/mol. The number of aryl methyl sites for hydroxylation is 1. The number of amides is 1. The van der Waals surface area contributed by atoms with E-state index in [1.807, 2.05) is 31.2 Å². The first-order valence-electron chi connectivity index (χ1n) is 6.60. The van der Waals surface area contributed by atoms with Gasteiger partial charge in [0.05, 0.1) is 5.56 Å². The number of nitrogens with one attached hydrogen (secondary N) is 1. The van der Waals surface area contributed by atoms with E-state index in [9.17, 15) is 9.59 Å². The first kappa shape index (κ1) is 14.7. The highest BCUT2D eigenvalue weighted by atomic mass is 16.4. The van der Waals surface area contributed by atoms with Gasteiger partial charge in [-0.25, -0.2) is 9.78 Å². The van der Waals surface area contributed by atoms with Crippen molar-refractivity contribution in [3.63, 3.8) is 0 Å². The third-order valence-corrected chi connectivity index (χ3v) is 3.19. The maximum absolute atomic E-state index is 11.9. The second-order valence-corrected chi connectivity index (χ2v) is 4.67. The Balaban J connectivity index is 1.90. The molecule has 0 fully saturated rings. The van der Waals surface area contributed by atoms with Gasteiger partial charge in [0.25, 0.3) is 5.91 Å². The van der Waals surface area contributed by atoms with Crippen LogP contribution in [-0.2, 0) is 6.42 Å². The molecule has 0 saturated heterocycles. The van der Waals surface area contributed by atoms with Crippen LogP contribution < -0.4 is 5.32 Å². The number of carbonyl (C=O) groups is 2. The number of hydrogen-bond donors (Lipinski definition) is 2. The van der Waals surface area contributed by atoms with E-state index in [4.69, 9.17) is 5.11 Å². The number of aromatic carboxylic acids is 1. The molecule has 0 unspecified atom stereocenters. The van der Waals surface area contributed by atoms with Gasteiger partial charge in [0.1, 0.15) is 5.69 Å². The fraction of sp³-hybridized carbons (Fsp3) is 0.188. The minimum Gasteiger partial charge on any atom is -0.477 e. The van der Waals surface area contributed by atoms with E-state index in [2.05, 4.69) is 10.3 Å². The van der Waals surface area contributed by atoms with Gasteiger partial charge < -0.3 is 10.4 Å². The number of pyridine rings is 1. The molecule has 0 bridgehead atoms. The van der Waals surface area contributed by atoms with E-state index in [-0.39, 0.29) is 11.6 Å². The van der Waals surface area contributed by atoms with Gasteiger partial charge in [-0.15, -0.1) is 0 Å². The predicted octanol–water partition coefficient (Wildman–Crippen LogP) is 2.06. The molecule has 1 amide bonds. The Hall–Kier alpha value is -2.69. The number of hydrogen-bond acceptors (Lipinski definition) is 3. The van der Waals surface area contributed by atoms with Crippen molar-refractivity contribution in [3.8, 4) is 0 Å². The first-order chi connectivity index (χ1) is 10.1. The SMILES string of the molecule is Cc1ccccc1CCNC(=O)c1ccc(C(=O)O)nc1. The number of carboxylic acid groups (broad SMARTS) is 1. The fourth-order valence-corrected chi connectivity index (χ4v) is 1.96. The van der Waals surface area contributed by atoms with Crippen LogP contribution in [0.2, 0.25) is 0 Å². The molecule has 2 rings (SSSR count). The number of rotatable bonds is 5. The van der Waals surface area contributed by atoms with Gasteiger partial charge >= 0.3 is 5.97 Å². The monoisotopic (exact) mass is 284 g/mol. The third-order valence-electron chi connectivity index (χ3n) is 3.19. The largest absolute Gasteiger partial charge is 0.477 e. The second kappa shape index (κ2) is 6.65. The van der Waals surface area contributed by atoms with Gasteiger partial charge in [0.2, 0.25) is 0 Å². The maximum Gasteiger partial charge on any atom is 0.354 e. The standard InChI is InChI=1S/C16H16N2O3/c1-11-4-2-3-5-12(11)8-9-17-15(19)13-6-7-14(16(20)21)18-10-13/h2-7,10H,8-9H2,1H3,(H,17,19)(H,20,21). The highest BCUT2D eigenvalue weighted by Gasteiger charge is 2.08. The van der Waals surface area contributed by atoms with Crippen molar-refractivity contribution >= 4 is 11.9 Å². The number of nitrogens with zero attached hydrogens (tertiary/aromatic N) is 1. The highest BCUT2D eigenvalue weighted by Crippen LogP contribution is 2.07. The van der Waals surface area contributed by atoms with Crippen LogP contribution in [0.4, 0.5) is 0 Å². The molecule has 2 N–H and O–H groups in total. The molecule has 0 atom stereocenters. The van der Waals surface area contributed by atoms with Gasteiger partial charge in [-0.05, 0) is 36.6 Å².